The Hall–Kier alpha value is -2.16. The van der Waals surface area contributed by atoms with Crippen molar-refractivity contribution in [2.45, 2.75) is 12.8 Å². The van der Waals surface area contributed by atoms with Gasteiger partial charge in [0.05, 0.1) is 5.56 Å². The van der Waals surface area contributed by atoms with Gasteiger partial charge in [0.25, 0.3) is 5.91 Å². The highest BCUT2D eigenvalue weighted by atomic mass is 127. The molecule has 1 atom stereocenters. The molecule has 0 bridgehead atoms. The van der Waals surface area contributed by atoms with Crippen molar-refractivity contribution in [2.24, 2.45) is 4.99 Å². The number of carbonyl (C=O) groups is 1. The number of pyridine rings is 1. The Morgan fingerprint density at radius 2 is 1.81 bits per heavy atom. The molecule has 1 aromatic carbocycles. The predicted molar refractivity (Wildman–Crippen MR) is 116 cm³/mol. The van der Waals surface area contributed by atoms with Gasteiger partial charge >= 0.3 is 0 Å². The molecule has 1 unspecified atom stereocenters. The number of halogens is 1. The van der Waals surface area contributed by atoms with Crippen LogP contribution in [-0.2, 0) is 0 Å². The van der Waals surface area contributed by atoms with E-state index in [0.29, 0.717) is 24.6 Å². The maximum Gasteiger partial charge on any atom is 0.252 e. The smallest absolute Gasteiger partial charge is 0.252 e. The summed E-state index contributed by atoms with van der Waals surface area (Å²) >= 11 is 0. The number of guanidine groups is 1. The quantitative estimate of drug-likeness (QED) is 0.253. The second-order valence-electron chi connectivity index (χ2n) is 5.69. The fourth-order valence-corrected chi connectivity index (χ4v) is 2.33. The number of benzene rings is 1. The third kappa shape index (κ3) is 7.38. The Morgan fingerprint density at radius 3 is 2.46 bits per heavy atom. The summed E-state index contributed by atoms with van der Waals surface area (Å²) in [5.41, 5.74) is 1.84. The standard InChI is InChI=1S/C19H25N5O.HI/c1-15(16-7-4-3-5-8-16)13-24-19(20-2)23-12-11-22-18(25)17-9-6-10-21-14-17;/h3-10,14-15H,11-13H2,1-2H3,(H,22,25)(H2,20,23,24);1H. The van der Waals surface area contributed by atoms with E-state index in [0.717, 1.165) is 12.5 Å². The van der Waals surface area contributed by atoms with E-state index in [9.17, 15) is 4.79 Å². The van der Waals surface area contributed by atoms with Gasteiger partial charge in [0, 0.05) is 39.1 Å². The SMILES string of the molecule is CN=C(NCCNC(=O)c1cccnc1)NCC(C)c1ccccc1.I. The molecule has 7 heteroatoms. The summed E-state index contributed by atoms with van der Waals surface area (Å²) in [5, 5.41) is 9.34. The van der Waals surface area contributed by atoms with Crippen LogP contribution in [-0.4, -0.2) is 43.5 Å². The van der Waals surface area contributed by atoms with E-state index in [1.54, 1.807) is 31.6 Å². The van der Waals surface area contributed by atoms with Gasteiger partial charge in [-0.2, -0.15) is 0 Å². The molecule has 0 aliphatic rings. The van der Waals surface area contributed by atoms with Crippen LogP contribution in [0, 0.1) is 0 Å². The van der Waals surface area contributed by atoms with E-state index in [-0.39, 0.29) is 29.9 Å². The predicted octanol–water partition coefficient (Wildman–Crippen LogP) is 2.40. The lowest BCUT2D eigenvalue weighted by atomic mass is 10.0. The highest BCUT2D eigenvalue weighted by Crippen LogP contribution is 2.12. The van der Waals surface area contributed by atoms with E-state index >= 15 is 0 Å². The minimum atomic E-state index is -0.129. The number of nitrogens with one attached hydrogen (secondary N) is 3. The van der Waals surface area contributed by atoms with Crippen LogP contribution in [0.15, 0.2) is 59.9 Å². The fourth-order valence-electron chi connectivity index (χ4n) is 2.33. The number of hydrogen-bond acceptors (Lipinski definition) is 3. The molecule has 0 aliphatic carbocycles. The minimum Gasteiger partial charge on any atom is -0.356 e. The number of aliphatic imine (C=N–C) groups is 1. The maximum atomic E-state index is 11.9. The third-order valence-corrected chi connectivity index (χ3v) is 3.79. The Morgan fingerprint density at radius 1 is 1.08 bits per heavy atom. The molecule has 2 rings (SSSR count). The lowest BCUT2D eigenvalue weighted by Crippen LogP contribution is -2.42. The third-order valence-electron chi connectivity index (χ3n) is 3.79. The van der Waals surface area contributed by atoms with Crippen LogP contribution in [0.1, 0.15) is 28.8 Å². The van der Waals surface area contributed by atoms with Gasteiger partial charge in [-0.3, -0.25) is 14.8 Å². The monoisotopic (exact) mass is 467 g/mol. The van der Waals surface area contributed by atoms with Crippen molar-refractivity contribution in [3.05, 3.63) is 66.0 Å². The summed E-state index contributed by atoms with van der Waals surface area (Å²) in [7, 11) is 1.73. The highest BCUT2D eigenvalue weighted by molar-refractivity contribution is 14.0. The lowest BCUT2D eigenvalue weighted by molar-refractivity contribution is 0.0954. The van der Waals surface area contributed by atoms with Crippen LogP contribution in [0.4, 0.5) is 0 Å². The average molecular weight is 467 g/mol. The second kappa shape index (κ2) is 12.2. The Labute approximate surface area is 171 Å². The van der Waals surface area contributed by atoms with Crippen molar-refractivity contribution in [1.82, 2.24) is 20.9 Å². The molecule has 0 saturated carbocycles. The first-order valence-electron chi connectivity index (χ1n) is 8.38. The summed E-state index contributed by atoms with van der Waals surface area (Å²) in [6, 6.07) is 13.8. The van der Waals surface area contributed by atoms with Crippen molar-refractivity contribution in [2.75, 3.05) is 26.7 Å². The molecule has 1 aromatic heterocycles. The summed E-state index contributed by atoms with van der Waals surface area (Å²) in [6.07, 6.45) is 3.19. The number of rotatable bonds is 7. The van der Waals surface area contributed by atoms with E-state index in [1.807, 2.05) is 18.2 Å². The molecule has 3 N–H and O–H groups in total. The minimum absolute atomic E-state index is 0. The molecule has 26 heavy (non-hydrogen) atoms. The van der Waals surface area contributed by atoms with Crippen LogP contribution in [0.25, 0.3) is 0 Å². The Kier molecular flexibility index (Phi) is 10.3. The number of aromatic nitrogens is 1. The summed E-state index contributed by atoms with van der Waals surface area (Å²) in [5.74, 6) is 0.971. The normalized spacial score (nSPS) is 11.8. The van der Waals surface area contributed by atoms with Crippen LogP contribution in [0.5, 0.6) is 0 Å². The zero-order valence-corrected chi connectivity index (χ0v) is 17.4. The molecule has 140 valence electrons. The molecule has 2 aromatic rings. The van der Waals surface area contributed by atoms with E-state index < -0.39 is 0 Å². The first-order chi connectivity index (χ1) is 12.2. The molecule has 6 nitrogen and oxygen atoms in total. The first kappa shape index (κ1) is 21.9. The molecule has 0 fully saturated rings. The van der Waals surface area contributed by atoms with Crippen molar-refractivity contribution in [1.29, 1.82) is 0 Å². The number of hydrogen-bond donors (Lipinski definition) is 3. The molecule has 1 amide bonds. The zero-order chi connectivity index (χ0) is 17.9. The molecular formula is C19H26IN5O. The molecular weight excluding hydrogens is 441 g/mol. The Bertz CT molecular complexity index is 679. The molecule has 0 aliphatic heterocycles. The molecule has 0 radical (unpaired) electrons. The van der Waals surface area contributed by atoms with Crippen molar-refractivity contribution >= 4 is 35.8 Å². The lowest BCUT2D eigenvalue weighted by Gasteiger charge is -2.16. The van der Waals surface area contributed by atoms with Crippen LogP contribution >= 0.6 is 24.0 Å². The molecule has 0 spiro atoms. The van der Waals surface area contributed by atoms with Crippen LogP contribution in [0.2, 0.25) is 0 Å². The van der Waals surface area contributed by atoms with Crippen LogP contribution in [0.3, 0.4) is 0 Å². The number of carbonyl (C=O) groups excluding carboxylic acids is 1. The van der Waals surface area contributed by atoms with Crippen molar-refractivity contribution in [3.63, 3.8) is 0 Å². The van der Waals surface area contributed by atoms with Gasteiger partial charge in [0.15, 0.2) is 5.96 Å². The fraction of sp³-hybridized carbons (Fsp3) is 0.316. The van der Waals surface area contributed by atoms with Gasteiger partial charge in [-0.25, -0.2) is 0 Å². The van der Waals surface area contributed by atoms with E-state index in [4.69, 9.17) is 0 Å². The zero-order valence-electron chi connectivity index (χ0n) is 15.1. The van der Waals surface area contributed by atoms with Gasteiger partial charge in [-0.05, 0) is 23.6 Å². The number of amides is 1. The summed E-state index contributed by atoms with van der Waals surface area (Å²) in [6.45, 7) is 4.05. The van der Waals surface area contributed by atoms with Crippen LogP contribution < -0.4 is 16.0 Å². The van der Waals surface area contributed by atoms with Gasteiger partial charge in [0.2, 0.25) is 0 Å². The molecule has 0 saturated heterocycles. The topological polar surface area (TPSA) is 78.4 Å². The Balaban J connectivity index is 0.00000338. The number of nitrogens with zero attached hydrogens (tertiary/aromatic N) is 2. The summed E-state index contributed by atoms with van der Waals surface area (Å²) < 4.78 is 0. The molecule has 1 heterocycles. The van der Waals surface area contributed by atoms with Crippen molar-refractivity contribution in [3.8, 4) is 0 Å². The summed E-state index contributed by atoms with van der Waals surface area (Å²) in [4.78, 5) is 20.0. The van der Waals surface area contributed by atoms with Gasteiger partial charge in [-0.15, -0.1) is 24.0 Å². The highest BCUT2D eigenvalue weighted by Gasteiger charge is 2.07. The van der Waals surface area contributed by atoms with Gasteiger partial charge in [-0.1, -0.05) is 37.3 Å². The van der Waals surface area contributed by atoms with Crippen molar-refractivity contribution < 1.29 is 4.79 Å². The average Bonchev–Trinajstić information content (AvgIpc) is 2.68. The van der Waals surface area contributed by atoms with Gasteiger partial charge in [0.1, 0.15) is 0 Å². The van der Waals surface area contributed by atoms with E-state index in [1.165, 1.54) is 5.56 Å². The maximum absolute atomic E-state index is 11.9. The van der Waals surface area contributed by atoms with Gasteiger partial charge < -0.3 is 16.0 Å². The first-order valence-corrected chi connectivity index (χ1v) is 8.38. The largest absolute Gasteiger partial charge is 0.356 e. The second-order valence-corrected chi connectivity index (χ2v) is 5.69. The van der Waals surface area contributed by atoms with E-state index in [2.05, 4.69) is 45.0 Å².